The Labute approximate surface area is 109 Å². The maximum Gasteiger partial charge on any atom is 0.238 e. The fourth-order valence-electron chi connectivity index (χ4n) is 2.38. The molecule has 1 aliphatic rings. The minimum absolute atomic E-state index is 0.0524. The second-order valence-corrected chi connectivity index (χ2v) is 6.16. The standard InChI is InChI=1S/C15H22N2O/c1-11-5-7-12(8-6-11)10-17-13(18)9-16-14(17)15(2,3)4/h5-8,14,16H,9-10H2,1-4H3/t14-/m1/s1. The Balaban J connectivity index is 2.15. The van der Waals surface area contributed by atoms with E-state index in [9.17, 15) is 4.79 Å². The summed E-state index contributed by atoms with van der Waals surface area (Å²) in [5.41, 5.74) is 2.49. The number of carbonyl (C=O) groups excluding carboxylic acids is 1. The normalized spacial score (nSPS) is 20.6. The number of amides is 1. The van der Waals surface area contributed by atoms with Crippen LogP contribution in [0.2, 0.25) is 0 Å². The second-order valence-electron chi connectivity index (χ2n) is 6.16. The van der Waals surface area contributed by atoms with Crippen LogP contribution in [-0.2, 0) is 11.3 Å². The number of rotatable bonds is 2. The summed E-state index contributed by atoms with van der Waals surface area (Å²) in [6.45, 7) is 9.69. The fraction of sp³-hybridized carbons (Fsp3) is 0.533. The molecule has 1 aromatic carbocycles. The predicted octanol–water partition coefficient (Wildman–Crippen LogP) is 2.30. The van der Waals surface area contributed by atoms with Gasteiger partial charge in [-0.05, 0) is 17.9 Å². The molecule has 1 fully saturated rings. The van der Waals surface area contributed by atoms with Crippen molar-refractivity contribution in [2.45, 2.75) is 40.4 Å². The number of hydrogen-bond acceptors (Lipinski definition) is 2. The van der Waals surface area contributed by atoms with Gasteiger partial charge < -0.3 is 4.90 Å². The molecule has 0 unspecified atom stereocenters. The predicted molar refractivity (Wildman–Crippen MR) is 73.0 cm³/mol. The topological polar surface area (TPSA) is 32.3 Å². The van der Waals surface area contributed by atoms with Crippen molar-refractivity contribution in [3.8, 4) is 0 Å². The first-order valence-corrected chi connectivity index (χ1v) is 6.46. The molecule has 0 aliphatic carbocycles. The van der Waals surface area contributed by atoms with E-state index in [-0.39, 0.29) is 17.5 Å². The molecule has 1 amide bonds. The van der Waals surface area contributed by atoms with E-state index in [0.717, 1.165) is 0 Å². The zero-order chi connectivity index (χ0) is 13.3. The molecule has 0 saturated carbocycles. The lowest BCUT2D eigenvalue weighted by molar-refractivity contribution is -0.130. The van der Waals surface area contributed by atoms with Crippen LogP contribution in [0.1, 0.15) is 31.9 Å². The first-order chi connectivity index (χ1) is 8.38. The molecule has 98 valence electrons. The molecule has 0 aromatic heterocycles. The first kappa shape index (κ1) is 13.1. The van der Waals surface area contributed by atoms with Crippen molar-refractivity contribution in [2.75, 3.05) is 6.54 Å². The fourth-order valence-corrected chi connectivity index (χ4v) is 2.38. The van der Waals surface area contributed by atoms with Crippen molar-refractivity contribution in [3.63, 3.8) is 0 Å². The molecule has 3 nitrogen and oxygen atoms in total. The molecule has 1 heterocycles. The summed E-state index contributed by atoms with van der Waals surface area (Å²) < 4.78 is 0. The molecule has 18 heavy (non-hydrogen) atoms. The van der Waals surface area contributed by atoms with Crippen LogP contribution < -0.4 is 5.32 Å². The van der Waals surface area contributed by atoms with Crippen molar-refractivity contribution in [1.29, 1.82) is 0 Å². The summed E-state index contributed by atoms with van der Waals surface area (Å²) in [4.78, 5) is 13.9. The smallest absolute Gasteiger partial charge is 0.238 e. The van der Waals surface area contributed by atoms with E-state index in [1.54, 1.807) is 0 Å². The summed E-state index contributed by atoms with van der Waals surface area (Å²) in [6, 6.07) is 8.38. The maximum absolute atomic E-state index is 12.0. The van der Waals surface area contributed by atoms with Crippen molar-refractivity contribution < 1.29 is 4.79 Å². The third kappa shape index (κ3) is 2.72. The Morgan fingerprint density at radius 3 is 2.44 bits per heavy atom. The van der Waals surface area contributed by atoms with Gasteiger partial charge in [0.15, 0.2) is 0 Å². The van der Waals surface area contributed by atoms with Crippen LogP contribution in [0.4, 0.5) is 0 Å². The molecule has 2 rings (SSSR count). The van der Waals surface area contributed by atoms with Gasteiger partial charge in [0.25, 0.3) is 0 Å². The second kappa shape index (κ2) is 4.73. The summed E-state index contributed by atoms with van der Waals surface area (Å²) >= 11 is 0. The van der Waals surface area contributed by atoms with Crippen LogP contribution in [0.3, 0.4) is 0 Å². The Morgan fingerprint density at radius 1 is 1.28 bits per heavy atom. The summed E-state index contributed by atoms with van der Waals surface area (Å²) in [7, 11) is 0. The van der Waals surface area contributed by atoms with E-state index in [1.807, 2.05) is 4.90 Å². The van der Waals surface area contributed by atoms with Gasteiger partial charge in [-0.25, -0.2) is 0 Å². The lowest BCUT2D eigenvalue weighted by atomic mass is 9.91. The molecule has 1 aliphatic heterocycles. The quantitative estimate of drug-likeness (QED) is 0.868. The third-order valence-corrected chi connectivity index (χ3v) is 3.37. The number of carbonyl (C=O) groups is 1. The summed E-state index contributed by atoms with van der Waals surface area (Å²) in [5, 5.41) is 3.30. The Kier molecular flexibility index (Phi) is 3.44. The Bertz CT molecular complexity index is 431. The number of aryl methyl sites for hydroxylation is 1. The Morgan fingerprint density at radius 2 is 1.89 bits per heavy atom. The van der Waals surface area contributed by atoms with E-state index in [2.05, 4.69) is 57.3 Å². The Hall–Kier alpha value is -1.35. The van der Waals surface area contributed by atoms with Crippen LogP contribution in [0.5, 0.6) is 0 Å². The van der Waals surface area contributed by atoms with E-state index < -0.39 is 0 Å². The third-order valence-electron chi connectivity index (χ3n) is 3.37. The largest absolute Gasteiger partial charge is 0.321 e. The van der Waals surface area contributed by atoms with Gasteiger partial charge in [0.05, 0.1) is 12.7 Å². The maximum atomic E-state index is 12.0. The van der Waals surface area contributed by atoms with Crippen molar-refractivity contribution in [1.82, 2.24) is 10.2 Å². The number of nitrogens with one attached hydrogen (secondary N) is 1. The van der Waals surface area contributed by atoms with E-state index >= 15 is 0 Å². The number of hydrogen-bond donors (Lipinski definition) is 1. The molecule has 0 radical (unpaired) electrons. The van der Waals surface area contributed by atoms with E-state index in [1.165, 1.54) is 11.1 Å². The van der Waals surface area contributed by atoms with Crippen molar-refractivity contribution in [3.05, 3.63) is 35.4 Å². The molecule has 1 aromatic rings. The molecule has 1 saturated heterocycles. The highest BCUT2D eigenvalue weighted by Crippen LogP contribution is 2.26. The van der Waals surface area contributed by atoms with Gasteiger partial charge in [-0.3, -0.25) is 10.1 Å². The molecule has 1 N–H and O–H groups in total. The minimum atomic E-state index is 0.0524. The molecule has 0 bridgehead atoms. The van der Waals surface area contributed by atoms with Crippen molar-refractivity contribution >= 4 is 5.91 Å². The molecular weight excluding hydrogens is 224 g/mol. The van der Waals surface area contributed by atoms with E-state index in [4.69, 9.17) is 0 Å². The summed E-state index contributed by atoms with van der Waals surface area (Å²) in [6.07, 6.45) is 0.117. The zero-order valence-corrected chi connectivity index (χ0v) is 11.7. The van der Waals surface area contributed by atoms with Crippen LogP contribution in [-0.4, -0.2) is 23.5 Å². The van der Waals surface area contributed by atoms with Gasteiger partial charge in [0.2, 0.25) is 5.91 Å². The van der Waals surface area contributed by atoms with Gasteiger partial charge in [-0.15, -0.1) is 0 Å². The highest BCUT2D eigenvalue weighted by atomic mass is 16.2. The van der Waals surface area contributed by atoms with Gasteiger partial charge in [-0.1, -0.05) is 50.6 Å². The van der Waals surface area contributed by atoms with Crippen LogP contribution >= 0.6 is 0 Å². The number of nitrogens with zero attached hydrogens (tertiary/aromatic N) is 1. The average Bonchev–Trinajstić information content (AvgIpc) is 2.63. The highest BCUT2D eigenvalue weighted by molar-refractivity contribution is 5.80. The SMILES string of the molecule is Cc1ccc(CN2C(=O)CN[C@H]2C(C)(C)C)cc1. The lowest BCUT2D eigenvalue weighted by Gasteiger charge is -2.34. The molecule has 1 atom stereocenters. The monoisotopic (exact) mass is 246 g/mol. The van der Waals surface area contributed by atoms with Crippen molar-refractivity contribution in [2.24, 2.45) is 5.41 Å². The van der Waals surface area contributed by atoms with Gasteiger partial charge in [0, 0.05) is 6.54 Å². The molecule has 3 heteroatoms. The minimum Gasteiger partial charge on any atom is -0.321 e. The average molecular weight is 246 g/mol. The summed E-state index contributed by atoms with van der Waals surface area (Å²) in [5.74, 6) is 0.190. The van der Waals surface area contributed by atoms with Gasteiger partial charge in [0.1, 0.15) is 0 Å². The first-order valence-electron chi connectivity index (χ1n) is 6.46. The van der Waals surface area contributed by atoms with Crippen LogP contribution in [0.25, 0.3) is 0 Å². The lowest BCUT2D eigenvalue weighted by Crippen LogP contribution is -2.46. The molecule has 0 spiro atoms. The highest BCUT2D eigenvalue weighted by Gasteiger charge is 2.38. The number of benzene rings is 1. The van der Waals surface area contributed by atoms with Gasteiger partial charge in [-0.2, -0.15) is 0 Å². The van der Waals surface area contributed by atoms with Gasteiger partial charge >= 0.3 is 0 Å². The molecular formula is C15H22N2O. The van der Waals surface area contributed by atoms with Crippen LogP contribution in [0.15, 0.2) is 24.3 Å². The van der Waals surface area contributed by atoms with E-state index in [0.29, 0.717) is 13.1 Å². The zero-order valence-electron chi connectivity index (χ0n) is 11.7. The van der Waals surface area contributed by atoms with Crippen LogP contribution in [0, 0.1) is 12.3 Å².